The van der Waals surface area contributed by atoms with E-state index in [-0.39, 0.29) is 0 Å². The maximum Gasteiger partial charge on any atom is 0.119 e. The first-order valence-corrected chi connectivity index (χ1v) is 9.97. The van der Waals surface area contributed by atoms with E-state index in [4.69, 9.17) is 10.5 Å². The number of nitrogens with one attached hydrogen (secondary N) is 1. The van der Waals surface area contributed by atoms with Crippen molar-refractivity contribution in [3.8, 4) is 5.75 Å². The van der Waals surface area contributed by atoms with Crippen LogP contribution >= 0.6 is 0 Å². The van der Waals surface area contributed by atoms with Gasteiger partial charge in [0.15, 0.2) is 0 Å². The molecule has 3 nitrogen and oxygen atoms in total. The van der Waals surface area contributed by atoms with E-state index in [0.29, 0.717) is 6.04 Å². The minimum Gasteiger partial charge on any atom is -0.494 e. The summed E-state index contributed by atoms with van der Waals surface area (Å²) >= 11 is 0. The number of benzene rings is 2. The molecule has 0 bridgehead atoms. The Hall–Kier alpha value is -1.84. The molecule has 0 aliphatic carbocycles. The van der Waals surface area contributed by atoms with Crippen LogP contribution in [0.4, 0.5) is 0 Å². The van der Waals surface area contributed by atoms with Crippen molar-refractivity contribution >= 4 is 0 Å². The summed E-state index contributed by atoms with van der Waals surface area (Å²) in [5.41, 5.74) is 9.67. The lowest BCUT2D eigenvalue weighted by molar-refractivity contribution is 0.307. The summed E-state index contributed by atoms with van der Waals surface area (Å²) in [7, 11) is 0. The molecule has 0 aliphatic rings. The molecule has 0 radical (unpaired) electrons. The molecule has 2 aromatic rings. The van der Waals surface area contributed by atoms with Crippen molar-refractivity contribution in [2.75, 3.05) is 19.7 Å². The lowest BCUT2D eigenvalue weighted by Gasteiger charge is -2.14. The summed E-state index contributed by atoms with van der Waals surface area (Å²) in [6.45, 7) is 6.85. The van der Waals surface area contributed by atoms with Crippen molar-refractivity contribution < 1.29 is 4.74 Å². The van der Waals surface area contributed by atoms with Gasteiger partial charge >= 0.3 is 0 Å². The lowest BCUT2D eigenvalue weighted by Crippen LogP contribution is -2.21. The number of hydrogen-bond donors (Lipinski definition) is 2. The predicted molar refractivity (Wildman–Crippen MR) is 111 cm³/mol. The van der Waals surface area contributed by atoms with Crippen LogP contribution in [0.2, 0.25) is 0 Å². The Bertz CT molecular complexity index is 624. The third kappa shape index (κ3) is 7.19. The zero-order valence-corrected chi connectivity index (χ0v) is 16.3. The molecular formula is C23H34N2O. The summed E-state index contributed by atoms with van der Waals surface area (Å²) in [5.74, 6) is 0.955. The van der Waals surface area contributed by atoms with Crippen molar-refractivity contribution in [1.29, 1.82) is 0 Å². The van der Waals surface area contributed by atoms with Crippen molar-refractivity contribution in [3.05, 3.63) is 65.2 Å². The van der Waals surface area contributed by atoms with Gasteiger partial charge in [-0.1, -0.05) is 43.3 Å². The summed E-state index contributed by atoms with van der Waals surface area (Å²) in [5, 5.41) is 3.48. The molecule has 0 amide bonds. The van der Waals surface area contributed by atoms with Gasteiger partial charge in [-0.25, -0.2) is 0 Å². The average Bonchev–Trinajstić information content (AvgIpc) is 2.68. The van der Waals surface area contributed by atoms with Crippen LogP contribution in [-0.4, -0.2) is 19.7 Å². The number of rotatable bonds is 12. The van der Waals surface area contributed by atoms with Gasteiger partial charge < -0.3 is 15.8 Å². The van der Waals surface area contributed by atoms with Gasteiger partial charge in [-0.15, -0.1) is 0 Å². The number of hydrogen-bond acceptors (Lipinski definition) is 3. The van der Waals surface area contributed by atoms with E-state index in [1.807, 2.05) is 0 Å². The number of unbranched alkanes of at least 4 members (excludes halogenated alkanes) is 1. The van der Waals surface area contributed by atoms with Gasteiger partial charge in [-0.05, 0) is 80.9 Å². The molecule has 26 heavy (non-hydrogen) atoms. The topological polar surface area (TPSA) is 47.3 Å². The molecule has 0 aliphatic heterocycles. The molecular weight excluding hydrogens is 320 g/mol. The van der Waals surface area contributed by atoms with Gasteiger partial charge in [0.25, 0.3) is 0 Å². The molecule has 0 heterocycles. The minimum atomic E-state index is 0.342. The Kier molecular flexibility index (Phi) is 9.22. The van der Waals surface area contributed by atoms with Crippen LogP contribution in [-0.2, 0) is 12.8 Å². The molecule has 3 heteroatoms. The fourth-order valence-electron chi connectivity index (χ4n) is 3.02. The second-order valence-corrected chi connectivity index (χ2v) is 6.87. The zero-order valence-electron chi connectivity index (χ0n) is 16.3. The van der Waals surface area contributed by atoms with Crippen molar-refractivity contribution in [3.63, 3.8) is 0 Å². The summed E-state index contributed by atoms with van der Waals surface area (Å²) in [6.07, 6.45) is 5.48. The molecule has 1 unspecified atom stereocenters. The number of nitrogens with two attached hydrogens (primary N) is 1. The molecule has 0 saturated carbocycles. The molecule has 0 fully saturated rings. The SMILES string of the molecule is CCc1cccc(CCCCOc2ccc(C(C)NCCCN)cc2)c1. The van der Waals surface area contributed by atoms with Crippen LogP contribution < -0.4 is 15.8 Å². The standard InChI is InChI=1S/C23H34N2O/c1-3-20-9-6-10-21(18-20)8-4-5-17-26-23-13-11-22(12-14-23)19(2)25-16-7-15-24/h6,9-14,18-19,25H,3-5,7-8,15-17,24H2,1-2H3. The second-order valence-electron chi connectivity index (χ2n) is 6.87. The summed E-state index contributed by atoms with van der Waals surface area (Å²) < 4.78 is 5.89. The quantitative estimate of drug-likeness (QED) is 0.545. The van der Waals surface area contributed by atoms with Gasteiger partial charge in [0.1, 0.15) is 5.75 Å². The highest BCUT2D eigenvalue weighted by Gasteiger charge is 2.04. The van der Waals surface area contributed by atoms with Crippen LogP contribution in [0.15, 0.2) is 48.5 Å². The third-order valence-corrected chi connectivity index (χ3v) is 4.74. The van der Waals surface area contributed by atoms with Gasteiger partial charge in [0.2, 0.25) is 0 Å². The molecule has 142 valence electrons. The third-order valence-electron chi connectivity index (χ3n) is 4.74. The Morgan fingerprint density at radius 2 is 1.77 bits per heavy atom. The van der Waals surface area contributed by atoms with E-state index in [2.05, 4.69) is 67.7 Å². The smallest absolute Gasteiger partial charge is 0.119 e. The van der Waals surface area contributed by atoms with E-state index < -0.39 is 0 Å². The van der Waals surface area contributed by atoms with E-state index in [9.17, 15) is 0 Å². The largest absolute Gasteiger partial charge is 0.494 e. The molecule has 1 atom stereocenters. The first kappa shape index (κ1) is 20.5. The summed E-state index contributed by atoms with van der Waals surface area (Å²) in [6, 6.07) is 17.7. The Morgan fingerprint density at radius 3 is 2.50 bits per heavy atom. The van der Waals surface area contributed by atoms with Crippen LogP contribution in [0.5, 0.6) is 5.75 Å². The van der Waals surface area contributed by atoms with E-state index in [0.717, 1.165) is 57.6 Å². The number of ether oxygens (including phenoxy) is 1. The first-order chi connectivity index (χ1) is 12.7. The van der Waals surface area contributed by atoms with E-state index in [1.165, 1.54) is 16.7 Å². The minimum absolute atomic E-state index is 0.342. The van der Waals surface area contributed by atoms with Gasteiger partial charge in [0.05, 0.1) is 6.61 Å². The second kappa shape index (κ2) is 11.7. The average molecular weight is 355 g/mol. The molecule has 2 aromatic carbocycles. The maximum absolute atomic E-state index is 5.89. The van der Waals surface area contributed by atoms with Gasteiger partial charge in [-0.3, -0.25) is 0 Å². The highest BCUT2D eigenvalue weighted by molar-refractivity contribution is 5.29. The van der Waals surface area contributed by atoms with Crippen LogP contribution in [0.25, 0.3) is 0 Å². The van der Waals surface area contributed by atoms with Crippen LogP contribution in [0, 0.1) is 0 Å². The number of aryl methyl sites for hydroxylation is 2. The van der Waals surface area contributed by atoms with Gasteiger partial charge in [-0.2, -0.15) is 0 Å². The normalized spacial score (nSPS) is 12.1. The fraction of sp³-hybridized carbons (Fsp3) is 0.478. The van der Waals surface area contributed by atoms with E-state index >= 15 is 0 Å². The van der Waals surface area contributed by atoms with Crippen molar-refractivity contribution in [2.24, 2.45) is 5.73 Å². The van der Waals surface area contributed by atoms with Gasteiger partial charge in [0, 0.05) is 6.04 Å². The predicted octanol–water partition coefficient (Wildman–Crippen LogP) is 4.65. The fourth-order valence-corrected chi connectivity index (χ4v) is 3.02. The van der Waals surface area contributed by atoms with E-state index in [1.54, 1.807) is 0 Å². The Labute approximate surface area is 159 Å². The molecule has 0 saturated heterocycles. The monoisotopic (exact) mass is 354 g/mol. The maximum atomic E-state index is 5.89. The molecule has 0 aromatic heterocycles. The molecule has 0 spiro atoms. The molecule has 2 rings (SSSR count). The summed E-state index contributed by atoms with van der Waals surface area (Å²) in [4.78, 5) is 0. The van der Waals surface area contributed by atoms with Crippen molar-refractivity contribution in [1.82, 2.24) is 5.32 Å². The lowest BCUT2D eigenvalue weighted by atomic mass is 10.0. The Balaban J connectivity index is 1.66. The van der Waals surface area contributed by atoms with Crippen LogP contribution in [0.3, 0.4) is 0 Å². The zero-order chi connectivity index (χ0) is 18.6. The Morgan fingerprint density at radius 1 is 1.00 bits per heavy atom. The van der Waals surface area contributed by atoms with Crippen molar-refractivity contribution in [2.45, 2.75) is 52.0 Å². The first-order valence-electron chi connectivity index (χ1n) is 9.97. The molecule has 3 N–H and O–H groups in total. The highest BCUT2D eigenvalue weighted by atomic mass is 16.5. The van der Waals surface area contributed by atoms with Crippen LogP contribution in [0.1, 0.15) is 55.8 Å². The highest BCUT2D eigenvalue weighted by Crippen LogP contribution is 2.18.